The van der Waals surface area contributed by atoms with E-state index in [0.717, 1.165) is 5.01 Å². The Balaban J connectivity index is 1.62. The zero-order valence-corrected chi connectivity index (χ0v) is 14.2. The number of hydrogen-bond acceptors (Lipinski definition) is 5. The molecule has 0 fully saturated rings. The summed E-state index contributed by atoms with van der Waals surface area (Å²) in [5.41, 5.74) is 1.27. The summed E-state index contributed by atoms with van der Waals surface area (Å²) in [6.45, 7) is 2.41. The van der Waals surface area contributed by atoms with Crippen LogP contribution in [-0.4, -0.2) is 27.0 Å². The van der Waals surface area contributed by atoms with Crippen molar-refractivity contribution in [1.82, 2.24) is 19.9 Å². The van der Waals surface area contributed by atoms with E-state index in [0.29, 0.717) is 23.5 Å². The van der Waals surface area contributed by atoms with Crippen LogP contribution in [0.1, 0.15) is 15.5 Å². The van der Waals surface area contributed by atoms with Gasteiger partial charge in [-0.15, -0.1) is 11.3 Å². The first-order valence-electron chi connectivity index (χ1n) is 7.56. The molecule has 2 aromatic heterocycles. The molecule has 1 N–H and O–H groups in total. The molecule has 3 rings (SSSR count). The highest BCUT2D eigenvalue weighted by atomic mass is 32.1. The summed E-state index contributed by atoms with van der Waals surface area (Å²) in [7, 11) is 0. The molecular weight excluding hydrogens is 343 g/mol. The monoisotopic (exact) mass is 358 g/mol. The average Bonchev–Trinajstić information content (AvgIpc) is 3.03. The first-order valence-corrected chi connectivity index (χ1v) is 8.43. The van der Waals surface area contributed by atoms with Crippen LogP contribution in [0.15, 0.2) is 46.8 Å². The third kappa shape index (κ3) is 4.16. The van der Waals surface area contributed by atoms with E-state index in [4.69, 9.17) is 0 Å². The molecule has 0 saturated heterocycles. The van der Waals surface area contributed by atoms with Gasteiger partial charge in [-0.2, -0.15) is 0 Å². The number of carbonyl (C=O) groups is 1. The SMILES string of the molecule is Cc1nc(C(=O)NCCn2cnc(-c3ccc(F)cc3)cc2=O)cs1. The Kier molecular flexibility index (Phi) is 4.99. The number of aromatic nitrogens is 3. The fraction of sp³-hybridized carbons (Fsp3) is 0.176. The number of halogens is 1. The van der Waals surface area contributed by atoms with Crippen LogP contribution in [0.3, 0.4) is 0 Å². The van der Waals surface area contributed by atoms with Crippen LogP contribution in [0.25, 0.3) is 11.3 Å². The predicted octanol–water partition coefficient (Wildman–Crippen LogP) is 2.24. The lowest BCUT2D eigenvalue weighted by Gasteiger charge is -2.07. The molecule has 6 nitrogen and oxygen atoms in total. The standard InChI is InChI=1S/C17H15FN4O2S/c1-11-21-15(9-25-11)17(24)19-6-7-22-10-20-14(8-16(22)23)12-2-4-13(18)5-3-12/h2-5,8-10H,6-7H2,1H3,(H,19,24). The van der Waals surface area contributed by atoms with Crippen molar-refractivity contribution in [2.24, 2.45) is 0 Å². The Bertz CT molecular complexity index is 950. The zero-order valence-electron chi connectivity index (χ0n) is 13.4. The number of thiazole rings is 1. The minimum atomic E-state index is -0.344. The number of nitrogens with zero attached hydrogens (tertiary/aromatic N) is 3. The topological polar surface area (TPSA) is 76.9 Å². The minimum absolute atomic E-state index is 0.243. The highest BCUT2D eigenvalue weighted by Crippen LogP contribution is 2.15. The number of carbonyl (C=O) groups excluding carboxylic acids is 1. The summed E-state index contributed by atoms with van der Waals surface area (Å²) in [5, 5.41) is 5.23. The third-order valence-electron chi connectivity index (χ3n) is 3.51. The van der Waals surface area contributed by atoms with Gasteiger partial charge in [-0.25, -0.2) is 14.4 Å². The van der Waals surface area contributed by atoms with Crippen LogP contribution < -0.4 is 10.9 Å². The first-order chi connectivity index (χ1) is 12.0. The van der Waals surface area contributed by atoms with Crippen LogP contribution in [0, 0.1) is 12.7 Å². The van der Waals surface area contributed by atoms with E-state index in [1.165, 1.54) is 40.4 Å². The smallest absolute Gasteiger partial charge is 0.270 e. The normalized spacial score (nSPS) is 10.6. The number of nitrogens with one attached hydrogen (secondary N) is 1. The van der Waals surface area contributed by atoms with Gasteiger partial charge in [0.25, 0.3) is 11.5 Å². The maximum Gasteiger partial charge on any atom is 0.270 e. The summed E-state index contributed by atoms with van der Waals surface area (Å²) in [6, 6.07) is 7.16. The molecule has 0 spiro atoms. The molecule has 0 atom stereocenters. The van der Waals surface area contributed by atoms with Gasteiger partial charge in [0.1, 0.15) is 11.5 Å². The zero-order chi connectivity index (χ0) is 17.8. The van der Waals surface area contributed by atoms with Crippen LogP contribution >= 0.6 is 11.3 Å². The Hall–Kier alpha value is -2.87. The van der Waals surface area contributed by atoms with Gasteiger partial charge >= 0.3 is 0 Å². The summed E-state index contributed by atoms with van der Waals surface area (Å²) in [4.78, 5) is 32.4. The summed E-state index contributed by atoms with van der Waals surface area (Å²) >= 11 is 1.40. The number of amides is 1. The van der Waals surface area contributed by atoms with Crippen molar-refractivity contribution in [1.29, 1.82) is 0 Å². The summed E-state index contributed by atoms with van der Waals surface area (Å²) in [5.74, 6) is -0.614. The van der Waals surface area contributed by atoms with Gasteiger partial charge < -0.3 is 5.32 Å². The largest absolute Gasteiger partial charge is 0.349 e. The molecule has 128 valence electrons. The van der Waals surface area contributed by atoms with Gasteiger partial charge in [0, 0.05) is 30.1 Å². The quantitative estimate of drug-likeness (QED) is 0.759. The fourth-order valence-corrected chi connectivity index (χ4v) is 2.81. The maximum absolute atomic E-state index is 12.9. The van der Waals surface area contributed by atoms with Gasteiger partial charge in [0.15, 0.2) is 0 Å². The molecule has 0 aliphatic rings. The predicted molar refractivity (Wildman–Crippen MR) is 93.1 cm³/mol. The lowest BCUT2D eigenvalue weighted by molar-refractivity contribution is 0.0947. The molecule has 8 heteroatoms. The van der Waals surface area contributed by atoms with Gasteiger partial charge in [0.2, 0.25) is 0 Å². The Morgan fingerprint density at radius 2 is 2.08 bits per heavy atom. The van der Waals surface area contributed by atoms with Crippen LogP contribution in [0.2, 0.25) is 0 Å². The van der Waals surface area contributed by atoms with Crippen molar-refractivity contribution >= 4 is 17.2 Å². The van der Waals surface area contributed by atoms with Crippen LogP contribution in [0.4, 0.5) is 4.39 Å². The van der Waals surface area contributed by atoms with Crippen molar-refractivity contribution in [3.05, 3.63) is 68.9 Å². The van der Waals surface area contributed by atoms with E-state index in [2.05, 4.69) is 15.3 Å². The van der Waals surface area contributed by atoms with Gasteiger partial charge in [-0.05, 0) is 31.2 Å². The number of aryl methyl sites for hydroxylation is 1. The minimum Gasteiger partial charge on any atom is -0.349 e. The third-order valence-corrected chi connectivity index (χ3v) is 4.28. The van der Waals surface area contributed by atoms with Gasteiger partial charge in [0.05, 0.1) is 17.0 Å². The van der Waals surface area contributed by atoms with Crippen molar-refractivity contribution in [2.75, 3.05) is 6.54 Å². The number of hydrogen-bond donors (Lipinski definition) is 1. The number of rotatable bonds is 5. The van der Waals surface area contributed by atoms with Crippen molar-refractivity contribution in [2.45, 2.75) is 13.5 Å². The lowest BCUT2D eigenvalue weighted by atomic mass is 10.1. The molecule has 1 amide bonds. The van der Waals surface area contributed by atoms with E-state index in [9.17, 15) is 14.0 Å². The van der Waals surface area contributed by atoms with Crippen LogP contribution in [0.5, 0.6) is 0 Å². The van der Waals surface area contributed by atoms with Crippen molar-refractivity contribution < 1.29 is 9.18 Å². The first kappa shape index (κ1) is 17.0. The van der Waals surface area contributed by atoms with E-state index in [1.54, 1.807) is 17.5 Å². The Morgan fingerprint density at radius 1 is 1.32 bits per heavy atom. The van der Waals surface area contributed by atoms with Gasteiger partial charge in [-0.3, -0.25) is 14.2 Å². The van der Waals surface area contributed by atoms with Crippen molar-refractivity contribution in [3.63, 3.8) is 0 Å². The molecule has 0 unspecified atom stereocenters. The van der Waals surface area contributed by atoms with E-state index in [-0.39, 0.29) is 23.8 Å². The summed E-state index contributed by atoms with van der Waals surface area (Å²) in [6.07, 6.45) is 1.42. The lowest BCUT2D eigenvalue weighted by Crippen LogP contribution is -2.31. The molecule has 0 saturated carbocycles. The number of benzene rings is 1. The fourth-order valence-electron chi connectivity index (χ4n) is 2.22. The second-order valence-electron chi connectivity index (χ2n) is 5.32. The molecule has 0 aliphatic carbocycles. The molecule has 0 bridgehead atoms. The molecule has 3 aromatic rings. The Labute approximate surface area is 147 Å². The van der Waals surface area contributed by atoms with Gasteiger partial charge in [-0.1, -0.05) is 0 Å². The summed E-state index contributed by atoms with van der Waals surface area (Å²) < 4.78 is 14.4. The highest BCUT2D eigenvalue weighted by Gasteiger charge is 2.09. The Morgan fingerprint density at radius 3 is 2.72 bits per heavy atom. The van der Waals surface area contributed by atoms with Crippen LogP contribution in [-0.2, 0) is 6.54 Å². The van der Waals surface area contributed by atoms with E-state index >= 15 is 0 Å². The molecule has 0 aliphatic heterocycles. The van der Waals surface area contributed by atoms with Crippen molar-refractivity contribution in [3.8, 4) is 11.3 Å². The maximum atomic E-state index is 12.9. The van der Waals surface area contributed by atoms with E-state index < -0.39 is 0 Å². The molecule has 1 aromatic carbocycles. The second kappa shape index (κ2) is 7.35. The molecule has 25 heavy (non-hydrogen) atoms. The highest BCUT2D eigenvalue weighted by molar-refractivity contribution is 7.09. The second-order valence-corrected chi connectivity index (χ2v) is 6.38. The molecular formula is C17H15FN4O2S. The molecule has 2 heterocycles. The molecule has 0 radical (unpaired) electrons. The average molecular weight is 358 g/mol. The van der Waals surface area contributed by atoms with E-state index in [1.807, 2.05) is 6.92 Å².